The number of methoxy groups -OCH3 is 1. The second-order valence-electron chi connectivity index (χ2n) is 8.13. The molecule has 0 radical (unpaired) electrons. The van der Waals surface area contributed by atoms with Crippen molar-refractivity contribution in [2.45, 2.75) is 50.7 Å². The third kappa shape index (κ3) is 3.56. The van der Waals surface area contributed by atoms with E-state index in [0.717, 1.165) is 46.9 Å². The molecule has 2 aliphatic rings. The maximum atomic E-state index is 13.3. The lowest BCUT2D eigenvalue weighted by Crippen LogP contribution is -2.41. The number of hydrogen-bond donors (Lipinski definition) is 0. The molecule has 0 bridgehead atoms. The Morgan fingerprint density at radius 2 is 1.94 bits per heavy atom. The minimum absolute atomic E-state index is 0.0880. The molecule has 0 N–H and O–H groups in total. The Kier molecular flexibility index (Phi) is 4.91. The average Bonchev–Trinajstić information content (AvgIpc) is 3.58. The molecule has 0 saturated heterocycles. The zero-order chi connectivity index (χ0) is 21.8. The number of ether oxygens (including phenoxy) is 1. The van der Waals surface area contributed by atoms with Crippen LogP contribution in [0.1, 0.15) is 47.1 Å². The van der Waals surface area contributed by atoms with Crippen LogP contribution in [0.15, 0.2) is 33.9 Å². The van der Waals surface area contributed by atoms with E-state index in [-0.39, 0.29) is 11.6 Å². The predicted molar refractivity (Wildman–Crippen MR) is 113 cm³/mol. The highest BCUT2D eigenvalue weighted by atomic mass is 32.3. The summed E-state index contributed by atoms with van der Waals surface area (Å²) in [5.74, 6) is 2.03. The molecule has 1 atom stereocenters. The molecule has 162 valence electrons. The molecule has 1 aliphatic heterocycles. The highest BCUT2D eigenvalue weighted by Gasteiger charge is 2.40. The van der Waals surface area contributed by atoms with Gasteiger partial charge in [0.2, 0.25) is 0 Å². The quantitative estimate of drug-likeness (QED) is 0.558. The fourth-order valence-corrected chi connectivity index (χ4v) is 5.41. The Labute approximate surface area is 182 Å². The molecule has 0 spiro atoms. The molecule has 1 fully saturated rings. The zero-order valence-electron chi connectivity index (χ0n) is 17.8. The first-order valence-corrected chi connectivity index (χ1v) is 11.8. The second-order valence-corrected chi connectivity index (χ2v) is 9.96. The molecule has 5 rings (SSSR count). The molecule has 2 aromatic heterocycles. The molecular weight excluding hydrogens is 416 g/mol. The number of rotatable bonds is 5. The summed E-state index contributed by atoms with van der Waals surface area (Å²) in [5, 5.41) is 3.74. The second kappa shape index (κ2) is 7.51. The summed E-state index contributed by atoms with van der Waals surface area (Å²) in [6.07, 6.45) is 2.74. The lowest BCUT2D eigenvalue weighted by molar-refractivity contribution is 0.281. The van der Waals surface area contributed by atoms with E-state index in [4.69, 9.17) is 19.2 Å². The van der Waals surface area contributed by atoms with Gasteiger partial charge in [-0.25, -0.2) is 9.97 Å². The van der Waals surface area contributed by atoms with Crippen LogP contribution in [-0.4, -0.2) is 37.6 Å². The molecule has 1 aliphatic carbocycles. The number of sulfonamides is 1. The van der Waals surface area contributed by atoms with Gasteiger partial charge in [-0.05, 0) is 51.0 Å². The van der Waals surface area contributed by atoms with Gasteiger partial charge in [-0.3, -0.25) is 0 Å². The Balaban J connectivity index is 1.56. The van der Waals surface area contributed by atoms with Gasteiger partial charge in [-0.1, -0.05) is 9.37 Å². The first-order valence-electron chi connectivity index (χ1n) is 10.4. The molecule has 1 aromatic carbocycles. The van der Waals surface area contributed by atoms with Gasteiger partial charge in [-0.2, -0.15) is 0 Å². The Morgan fingerprint density at radius 3 is 2.55 bits per heavy atom. The van der Waals surface area contributed by atoms with Crippen molar-refractivity contribution < 1.29 is 18.0 Å². The number of aryl methyl sites for hydroxylation is 1. The Morgan fingerprint density at radius 1 is 1.19 bits per heavy atom. The summed E-state index contributed by atoms with van der Waals surface area (Å²) in [5.41, 5.74) is 4.61. The van der Waals surface area contributed by atoms with Gasteiger partial charge in [0.25, 0.3) is 0 Å². The van der Waals surface area contributed by atoms with E-state index in [1.807, 2.05) is 24.3 Å². The molecule has 0 amide bonds. The van der Waals surface area contributed by atoms with Crippen LogP contribution in [0.2, 0.25) is 0 Å². The van der Waals surface area contributed by atoms with Crippen molar-refractivity contribution in [3.05, 3.63) is 52.6 Å². The van der Waals surface area contributed by atoms with E-state index < -0.39 is 10.4 Å². The van der Waals surface area contributed by atoms with Crippen molar-refractivity contribution in [1.82, 2.24) is 19.4 Å². The van der Waals surface area contributed by atoms with E-state index >= 15 is 0 Å². The summed E-state index contributed by atoms with van der Waals surface area (Å²) in [7, 11) is -2.18. The Bertz CT molecular complexity index is 1190. The highest BCUT2D eigenvalue weighted by molar-refractivity contribution is 7.95. The maximum absolute atomic E-state index is 13.3. The minimum Gasteiger partial charge on any atom is -0.590 e. The van der Waals surface area contributed by atoms with Crippen molar-refractivity contribution in [2.24, 2.45) is 0 Å². The standard InChI is InChI=1S/C22H24N4O4S/c1-13-14(2)25-30-22(13)31(27,28)26-11-10-19-18(12-26)20(24-21(23-19)16-4-5-16)15-6-8-17(29-3)9-7-15/h6-9,16H,4-5,10-12H2,1-3H3. The third-order valence-electron chi connectivity index (χ3n) is 6.04. The summed E-state index contributed by atoms with van der Waals surface area (Å²) < 4.78 is 38.5. The number of benzene rings is 1. The number of hydrogen-bond acceptors (Lipinski definition) is 7. The Hall–Kier alpha value is -2.62. The van der Waals surface area contributed by atoms with E-state index in [2.05, 4.69) is 5.16 Å². The summed E-state index contributed by atoms with van der Waals surface area (Å²) in [6, 6.07) is 7.68. The van der Waals surface area contributed by atoms with Gasteiger partial charge in [-0.15, -0.1) is 4.31 Å². The van der Waals surface area contributed by atoms with Crippen LogP contribution >= 0.6 is 0 Å². The number of nitrogens with zero attached hydrogens (tertiary/aromatic N) is 4. The monoisotopic (exact) mass is 440 g/mol. The fourth-order valence-electron chi connectivity index (χ4n) is 3.88. The SMILES string of the molecule is COc1ccc(-c2nc(C3CC3)nc3c2CN([S+](=O)([O-])c2onc(C)c2C)CC3)cc1. The van der Waals surface area contributed by atoms with Crippen LogP contribution in [-0.2, 0) is 27.6 Å². The molecule has 8 nitrogen and oxygen atoms in total. The average molecular weight is 441 g/mol. The van der Waals surface area contributed by atoms with Crippen LogP contribution in [0, 0.1) is 13.8 Å². The lowest BCUT2D eigenvalue weighted by atomic mass is 10.00. The molecular formula is C22H24N4O4S. The topological polar surface area (TPSA) is 104 Å². The molecule has 1 unspecified atom stereocenters. The summed E-state index contributed by atoms with van der Waals surface area (Å²) in [6.45, 7) is 3.99. The predicted octanol–water partition coefficient (Wildman–Crippen LogP) is 3.60. The molecule has 3 heterocycles. The summed E-state index contributed by atoms with van der Waals surface area (Å²) >= 11 is 0. The smallest absolute Gasteiger partial charge is 0.361 e. The van der Waals surface area contributed by atoms with E-state index in [9.17, 15) is 8.76 Å². The van der Waals surface area contributed by atoms with Gasteiger partial charge >= 0.3 is 5.09 Å². The van der Waals surface area contributed by atoms with Crippen LogP contribution in [0.25, 0.3) is 11.3 Å². The van der Waals surface area contributed by atoms with Crippen molar-refractivity contribution in [2.75, 3.05) is 13.7 Å². The highest BCUT2D eigenvalue weighted by Crippen LogP contribution is 2.41. The van der Waals surface area contributed by atoms with Crippen molar-refractivity contribution in [3.63, 3.8) is 0 Å². The van der Waals surface area contributed by atoms with Gasteiger partial charge in [0.05, 0.1) is 42.8 Å². The van der Waals surface area contributed by atoms with Crippen LogP contribution in [0.5, 0.6) is 5.75 Å². The molecule has 31 heavy (non-hydrogen) atoms. The van der Waals surface area contributed by atoms with E-state index in [1.54, 1.807) is 21.0 Å². The van der Waals surface area contributed by atoms with Crippen molar-refractivity contribution in [1.29, 1.82) is 0 Å². The first kappa shape index (κ1) is 20.3. The summed E-state index contributed by atoms with van der Waals surface area (Å²) in [4.78, 5) is 9.69. The van der Waals surface area contributed by atoms with Crippen LogP contribution in [0.4, 0.5) is 0 Å². The van der Waals surface area contributed by atoms with Crippen LogP contribution in [0.3, 0.4) is 0 Å². The number of aromatic nitrogens is 3. The van der Waals surface area contributed by atoms with Crippen LogP contribution < -0.4 is 4.74 Å². The first-order chi connectivity index (χ1) is 14.9. The van der Waals surface area contributed by atoms with Gasteiger partial charge in [0.1, 0.15) is 11.6 Å². The van der Waals surface area contributed by atoms with Crippen molar-refractivity contribution in [3.8, 4) is 17.0 Å². The van der Waals surface area contributed by atoms with E-state index in [0.29, 0.717) is 30.1 Å². The van der Waals surface area contributed by atoms with E-state index in [1.165, 1.54) is 4.31 Å². The zero-order valence-corrected chi connectivity index (χ0v) is 18.6. The normalized spacial score (nSPS) is 18.5. The largest absolute Gasteiger partial charge is 0.590 e. The van der Waals surface area contributed by atoms with Gasteiger partial charge in [0, 0.05) is 23.5 Å². The molecule has 9 heteroatoms. The maximum Gasteiger partial charge on any atom is 0.361 e. The molecule has 3 aromatic rings. The molecule has 1 saturated carbocycles. The van der Waals surface area contributed by atoms with Gasteiger partial charge < -0.3 is 13.8 Å². The minimum atomic E-state index is -3.81. The number of fused-ring (bicyclic) bond motifs is 1. The van der Waals surface area contributed by atoms with Crippen molar-refractivity contribution >= 4 is 10.4 Å². The lowest BCUT2D eigenvalue weighted by Gasteiger charge is -2.30. The fraction of sp³-hybridized carbons (Fsp3) is 0.409. The third-order valence-corrected chi connectivity index (χ3v) is 7.88. The van der Waals surface area contributed by atoms with Gasteiger partial charge in [0.15, 0.2) is 10.4 Å².